The molecule has 2 aliphatic rings. The summed E-state index contributed by atoms with van der Waals surface area (Å²) in [7, 11) is 0. The molecule has 0 radical (unpaired) electrons. The molecule has 0 bridgehead atoms. The maximum atomic E-state index is 12.7. The highest BCUT2D eigenvalue weighted by atomic mass is 16.5. The highest BCUT2D eigenvalue weighted by molar-refractivity contribution is 5.76. The van der Waals surface area contributed by atoms with E-state index in [0.29, 0.717) is 18.9 Å². The maximum Gasteiger partial charge on any atom is 0.225 e. The molecule has 0 aromatic carbocycles. The standard InChI is InChI=1S/C23H34N6O2/c1-16-15-21(26-23(24-16)25-19-7-5-4-6-8-19)28-11-13-29(14-12-28)22(30)10-9-20-17(2)27-31-18(20)3/h15,19H,4-14H2,1-3H3,(H,24,25,26). The van der Waals surface area contributed by atoms with E-state index in [1.807, 2.05) is 31.7 Å². The van der Waals surface area contributed by atoms with E-state index in [2.05, 4.69) is 20.4 Å². The largest absolute Gasteiger partial charge is 0.361 e. The van der Waals surface area contributed by atoms with Crippen LogP contribution in [0.3, 0.4) is 0 Å². The van der Waals surface area contributed by atoms with Gasteiger partial charge in [-0.2, -0.15) is 4.98 Å². The Labute approximate surface area is 184 Å². The van der Waals surface area contributed by atoms with Crippen LogP contribution in [0.25, 0.3) is 0 Å². The summed E-state index contributed by atoms with van der Waals surface area (Å²) in [5.41, 5.74) is 2.91. The fourth-order valence-electron chi connectivity index (χ4n) is 4.64. The van der Waals surface area contributed by atoms with Crippen molar-refractivity contribution in [2.45, 2.75) is 71.8 Å². The summed E-state index contributed by atoms with van der Waals surface area (Å²) in [4.78, 5) is 26.3. The molecule has 4 rings (SSSR count). The van der Waals surface area contributed by atoms with Crippen LogP contribution < -0.4 is 10.2 Å². The monoisotopic (exact) mass is 426 g/mol. The lowest BCUT2D eigenvalue weighted by Crippen LogP contribution is -2.49. The molecule has 0 atom stereocenters. The first-order valence-corrected chi connectivity index (χ1v) is 11.6. The highest BCUT2D eigenvalue weighted by Gasteiger charge is 2.23. The molecule has 3 heterocycles. The lowest BCUT2D eigenvalue weighted by Gasteiger charge is -2.35. The normalized spacial score (nSPS) is 17.8. The second-order valence-corrected chi connectivity index (χ2v) is 8.84. The van der Waals surface area contributed by atoms with E-state index in [4.69, 9.17) is 9.51 Å². The second-order valence-electron chi connectivity index (χ2n) is 8.84. The van der Waals surface area contributed by atoms with Crippen LogP contribution in [-0.2, 0) is 11.2 Å². The minimum absolute atomic E-state index is 0.193. The quantitative estimate of drug-likeness (QED) is 0.757. The maximum absolute atomic E-state index is 12.7. The van der Waals surface area contributed by atoms with E-state index in [1.165, 1.54) is 32.1 Å². The molecule has 0 unspecified atom stereocenters. The van der Waals surface area contributed by atoms with Gasteiger partial charge in [0.15, 0.2) is 0 Å². The zero-order valence-corrected chi connectivity index (χ0v) is 19.0. The number of nitrogens with zero attached hydrogens (tertiary/aromatic N) is 5. The van der Waals surface area contributed by atoms with Crippen molar-refractivity contribution in [3.63, 3.8) is 0 Å². The highest BCUT2D eigenvalue weighted by Crippen LogP contribution is 2.23. The molecule has 1 N–H and O–H groups in total. The molecule has 2 aromatic heterocycles. The van der Waals surface area contributed by atoms with Gasteiger partial charge in [0, 0.05) is 56.0 Å². The molecule has 8 heteroatoms. The number of anilines is 2. The zero-order valence-electron chi connectivity index (χ0n) is 19.0. The molecule has 1 saturated heterocycles. The third kappa shape index (κ3) is 5.35. The Kier molecular flexibility index (Phi) is 6.73. The summed E-state index contributed by atoms with van der Waals surface area (Å²) >= 11 is 0. The van der Waals surface area contributed by atoms with E-state index < -0.39 is 0 Å². The Bertz CT molecular complexity index is 878. The first kappa shape index (κ1) is 21.6. The van der Waals surface area contributed by atoms with Crippen molar-refractivity contribution < 1.29 is 9.32 Å². The van der Waals surface area contributed by atoms with Gasteiger partial charge in [0.05, 0.1) is 5.69 Å². The number of nitrogens with one attached hydrogen (secondary N) is 1. The average molecular weight is 427 g/mol. The van der Waals surface area contributed by atoms with Crippen LogP contribution in [0.1, 0.15) is 61.2 Å². The SMILES string of the molecule is Cc1cc(N2CCN(C(=O)CCc3c(C)noc3C)CC2)nc(NC2CCCCC2)n1. The molecule has 0 spiro atoms. The Morgan fingerprint density at radius 2 is 1.84 bits per heavy atom. The predicted molar refractivity (Wildman–Crippen MR) is 120 cm³/mol. The minimum Gasteiger partial charge on any atom is -0.361 e. The van der Waals surface area contributed by atoms with E-state index in [-0.39, 0.29) is 5.91 Å². The third-order valence-electron chi connectivity index (χ3n) is 6.51. The van der Waals surface area contributed by atoms with Gasteiger partial charge >= 0.3 is 0 Å². The van der Waals surface area contributed by atoms with Crippen molar-refractivity contribution in [2.24, 2.45) is 0 Å². The number of carbonyl (C=O) groups excluding carboxylic acids is 1. The first-order valence-electron chi connectivity index (χ1n) is 11.6. The number of amides is 1. The van der Waals surface area contributed by atoms with Crippen molar-refractivity contribution in [1.82, 2.24) is 20.0 Å². The van der Waals surface area contributed by atoms with Crippen molar-refractivity contribution in [3.8, 4) is 0 Å². The van der Waals surface area contributed by atoms with Gasteiger partial charge in [0.1, 0.15) is 11.6 Å². The molecular formula is C23H34N6O2. The lowest BCUT2D eigenvalue weighted by atomic mass is 9.96. The van der Waals surface area contributed by atoms with Gasteiger partial charge in [-0.15, -0.1) is 0 Å². The summed E-state index contributed by atoms with van der Waals surface area (Å²) in [6.07, 6.45) is 7.46. The summed E-state index contributed by atoms with van der Waals surface area (Å²) in [6.45, 7) is 8.86. The zero-order chi connectivity index (χ0) is 21.8. The molecule has 31 heavy (non-hydrogen) atoms. The minimum atomic E-state index is 0.193. The van der Waals surface area contributed by atoms with Crippen LogP contribution >= 0.6 is 0 Å². The second kappa shape index (κ2) is 9.66. The summed E-state index contributed by atoms with van der Waals surface area (Å²) < 4.78 is 5.20. The van der Waals surface area contributed by atoms with E-state index in [1.54, 1.807) is 0 Å². The summed E-state index contributed by atoms with van der Waals surface area (Å²) in [5, 5.41) is 7.52. The van der Waals surface area contributed by atoms with Crippen LogP contribution in [0.2, 0.25) is 0 Å². The van der Waals surface area contributed by atoms with Gasteiger partial charge in [-0.1, -0.05) is 24.4 Å². The number of aromatic nitrogens is 3. The van der Waals surface area contributed by atoms with Crippen molar-refractivity contribution >= 4 is 17.7 Å². The first-order chi connectivity index (χ1) is 15.0. The predicted octanol–water partition coefficient (Wildman–Crippen LogP) is 3.42. The molecular weight excluding hydrogens is 392 g/mol. The van der Waals surface area contributed by atoms with Crippen LogP contribution in [0, 0.1) is 20.8 Å². The van der Waals surface area contributed by atoms with Crippen LogP contribution in [0.5, 0.6) is 0 Å². The number of carbonyl (C=O) groups is 1. The van der Waals surface area contributed by atoms with Gasteiger partial charge in [0.2, 0.25) is 11.9 Å². The number of hydrogen-bond donors (Lipinski definition) is 1. The average Bonchev–Trinajstić information content (AvgIpc) is 3.09. The van der Waals surface area contributed by atoms with Crippen LogP contribution in [0.15, 0.2) is 10.6 Å². The van der Waals surface area contributed by atoms with Crippen molar-refractivity contribution in [2.75, 3.05) is 36.4 Å². The fourth-order valence-corrected chi connectivity index (χ4v) is 4.64. The van der Waals surface area contributed by atoms with Crippen molar-refractivity contribution in [3.05, 3.63) is 28.8 Å². The van der Waals surface area contributed by atoms with Crippen LogP contribution in [-0.4, -0.2) is 58.2 Å². The van der Waals surface area contributed by atoms with Crippen molar-refractivity contribution in [1.29, 1.82) is 0 Å². The van der Waals surface area contributed by atoms with Gasteiger partial charge in [0.25, 0.3) is 0 Å². The Morgan fingerprint density at radius 3 is 2.52 bits per heavy atom. The smallest absolute Gasteiger partial charge is 0.225 e. The molecule has 1 amide bonds. The number of aryl methyl sites for hydroxylation is 3. The molecule has 1 saturated carbocycles. The van der Waals surface area contributed by atoms with Gasteiger partial charge < -0.3 is 19.6 Å². The Hall–Kier alpha value is -2.64. The lowest BCUT2D eigenvalue weighted by molar-refractivity contribution is -0.131. The Morgan fingerprint density at radius 1 is 1.10 bits per heavy atom. The molecule has 1 aliphatic heterocycles. The summed E-state index contributed by atoms with van der Waals surface area (Å²) in [6, 6.07) is 2.52. The third-order valence-corrected chi connectivity index (χ3v) is 6.51. The molecule has 168 valence electrons. The Balaban J connectivity index is 1.31. The van der Waals surface area contributed by atoms with Gasteiger partial charge in [-0.3, -0.25) is 4.79 Å². The van der Waals surface area contributed by atoms with E-state index >= 15 is 0 Å². The van der Waals surface area contributed by atoms with Crippen LogP contribution in [0.4, 0.5) is 11.8 Å². The molecule has 2 aromatic rings. The number of hydrogen-bond acceptors (Lipinski definition) is 7. The van der Waals surface area contributed by atoms with E-state index in [9.17, 15) is 4.79 Å². The fraction of sp³-hybridized carbons (Fsp3) is 0.652. The molecule has 2 fully saturated rings. The summed E-state index contributed by atoms with van der Waals surface area (Å²) in [5.74, 6) is 2.69. The topological polar surface area (TPSA) is 87.4 Å². The number of rotatable bonds is 6. The number of piperazine rings is 1. The van der Waals surface area contributed by atoms with E-state index in [0.717, 1.165) is 60.7 Å². The molecule has 1 aliphatic carbocycles. The molecule has 8 nitrogen and oxygen atoms in total. The van der Waals surface area contributed by atoms with Gasteiger partial charge in [-0.25, -0.2) is 4.98 Å². The van der Waals surface area contributed by atoms with Gasteiger partial charge in [-0.05, 0) is 40.0 Å².